The number of benzene rings is 1. The van der Waals surface area contributed by atoms with Gasteiger partial charge >= 0.3 is 0 Å². The van der Waals surface area contributed by atoms with Gasteiger partial charge in [0.2, 0.25) is 17.7 Å². The summed E-state index contributed by atoms with van der Waals surface area (Å²) in [5.74, 6) is 1.33. The van der Waals surface area contributed by atoms with E-state index >= 15 is 0 Å². The van der Waals surface area contributed by atoms with E-state index in [1.54, 1.807) is 30.3 Å². The van der Waals surface area contributed by atoms with Crippen molar-refractivity contribution in [3.8, 4) is 11.6 Å². The molecule has 1 aromatic carbocycles. The third-order valence-electron chi connectivity index (χ3n) is 6.89. The molecule has 0 bridgehead atoms. The van der Waals surface area contributed by atoms with Crippen molar-refractivity contribution in [3.63, 3.8) is 0 Å². The summed E-state index contributed by atoms with van der Waals surface area (Å²) in [5, 5.41) is 0. The standard InChI is InChI=1S/C27H37N5O3/c1-20-19-24(35-22-13-11-21(12-14-22)26(28)34)30-27(29-20)23-9-4-7-18-32(23)25(33)10-8-17-31-15-5-2-3-6-16-31/h11-14,19,23H,2-10,15-18H2,1H3,(H2,28,34). The number of aryl methyl sites for hydroxylation is 1. The molecule has 0 aliphatic carbocycles. The van der Waals surface area contributed by atoms with Crippen molar-refractivity contribution in [3.05, 3.63) is 47.4 Å². The number of likely N-dealkylation sites (tertiary alicyclic amines) is 2. The summed E-state index contributed by atoms with van der Waals surface area (Å²) in [6.45, 7) is 5.97. The van der Waals surface area contributed by atoms with Crippen molar-refractivity contribution in [1.82, 2.24) is 19.8 Å². The van der Waals surface area contributed by atoms with Crippen molar-refractivity contribution >= 4 is 11.8 Å². The number of rotatable bonds is 8. The summed E-state index contributed by atoms with van der Waals surface area (Å²) in [4.78, 5) is 38.4. The van der Waals surface area contributed by atoms with E-state index in [0.717, 1.165) is 57.6 Å². The van der Waals surface area contributed by atoms with Crippen LogP contribution in [-0.4, -0.2) is 57.8 Å². The molecule has 1 atom stereocenters. The SMILES string of the molecule is Cc1cc(Oc2ccc(C(N)=O)cc2)nc(C2CCCCN2C(=O)CCCN2CCCCCC2)n1. The molecule has 188 valence electrons. The van der Waals surface area contributed by atoms with Crippen LogP contribution in [0.25, 0.3) is 0 Å². The molecule has 0 saturated carbocycles. The molecule has 2 aliphatic rings. The minimum absolute atomic E-state index is 0.131. The van der Waals surface area contributed by atoms with Crippen LogP contribution in [0.2, 0.25) is 0 Å². The van der Waals surface area contributed by atoms with Gasteiger partial charge in [-0.25, -0.2) is 4.98 Å². The van der Waals surface area contributed by atoms with Crippen molar-refractivity contribution < 1.29 is 14.3 Å². The van der Waals surface area contributed by atoms with Crippen LogP contribution in [0.15, 0.2) is 30.3 Å². The first kappa shape index (κ1) is 25.1. The molecule has 3 heterocycles. The third-order valence-corrected chi connectivity index (χ3v) is 6.89. The second kappa shape index (κ2) is 12.1. The third kappa shape index (κ3) is 7.01. The van der Waals surface area contributed by atoms with Gasteiger partial charge in [-0.15, -0.1) is 0 Å². The van der Waals surface area contributed by atoms with Crippen molar-refractivity contribution in [1.29, 1.82) is 0 Å². The highest BCUT2D eigenvalue weighted by molar-refractivity contribution is 5.92. The number of piperidine rings is 1. The number of aromatic nitrogens is 2. The number of primary amides is 1. The summed E-state index contributed by atoms with van der Waals surface area (Å²) in [7, 11) is 0. The van der Waals surface area contributed by atoms with E-state index in [9.17, 15) is 9.59 Å². The summed E-state index contributed by atoms with van der Waals surface area (Å²) in [6.07, 6.45) is 9.56. The number of nitrogens with two attached hydrogens (primary N) is 1. The lowest BCUT2D eigenvalue weighted by Gasteiger charge is -2.35. The molecule has 2 fully saturated rings. The smallest absolute Gasteiger partial charge is 0.248 e. The first-order chi connectivity index (χ1) is 17.0. The largest absolute Gasteiger partial charge is 0.439 e. The minimum atomic E-state index is -0.481. The fraction of sp³-hybridized carbons (Fsp3) is 0.556. The lowest BCUT2D eigenvalue weighted by Crippen LogP contribution is -2.39. The van der Waals surface area contributed by atoms with Gasteiger partial charge in [0.1, 0.15) is 5.75 Å². The molecule has 2 amide bonds. The van der Waals surface area contributed by atoms with Gasteiger partial charge in [-0.2, -0.15) is 4.98 Å². The van der Waals surface area contributed by atoms with Crippen LogP contribution in [0.1, 0.15) is 85.7 Å². The zero-order chi connectivity index (χ0) is 24.6. The van der Waals surface area contributed by atoms with Gasteiger partial charge < -0.3 is 20.3 Å². The molecule has 2 aromatic rings. The van der Waals surface area contributed by atoms with Crippen molar-refractivity contribution in [2.75, 3.05) is 26.2 Å². The maximum absolute atomic E-state index is 13.2. The fourth-order valence-electron chi connectivity index (χ4n) is 5.03. The summed E-state index contributed by atoms with van der Waals surface area (Å²) in [6, 6.07) is 8.28. The first-order valence-corrected chi connectivity index (χ1v) is 12.9. The van der Waals surface area contributed by atoms with Gasteiger partial charge in [0, 0.05) is 30.3 Å². The molecule has 0 spiro atoms. The normalized spacial score (nSPS) is 19.2. The van der Waals surface area contributed by atoms with Crippen molar-refractivity contribution in [2.45, 2.75) is 70.8 Å². The predicted molar refractivity (Wildman–Crippen MR) is 134 cm³/mol. The van der Waals surface area contributed by atoms with Gasteiger partial charge in [-0.3, -0.25) is 9.59 Å². The fourth-order valence-corrected chi connectivity index (χ4v) is 5.03. The number of hydrogen-bond acceptors (Lipinski definition) is 6. The Bertz CT molecular complexity index is 1000. The Morgan fingerprint density at radius 2 is 1.71 bits per heavy atom. The number of nitrogens with zero attached hydrogens (tertiary/aromatic N) is 4. The molecule has 2 N–H and O–H groups in total. The lowest BCUT2D eigenvalue weighted by molar-refractivity contribution is -0.135. The molecule has 8 heteroatoms. The highest BCUT2D eigenvalue weighted by atomic mass is 16.5. The molecule has 4 rings (SSSR count). The average Bonchev–Trinajstić information content (AvgIpc) is 3.13. The molecule has 35 heavy (non-hydrogen) atoms. The number of ether oxygens (including phenoxy) is 1. The Kier molecular flexibility index (Phi) is 8.69. The summed E-state index contributed by atoms with van der Waals surface area (Å²) >= 11 is 0. The molecule has 2 saturated heterocycles. The quantitative estimate of drug-likeness (QED) is 0.603. The van der Waals surface area contributed by atoms with E-state index in [-0.39, 0.29) is 11.9 Å². The Morgan fingerprint density at radius 1 is 1.00 bits per heavy atom. The van der Waals surface area contributed by atoms with Crippen LogP contribution in [0.5, 0.6) is 11.6 Å². The molecular weight excluding hydrogens is 442 g/mol. The van der Waals surface area contributed by atoms with Gasteiger partial charge in [0.05, 0.1) is 6.04 Å². The van der Waals surface area contributed by atoms with E-state index in [1.807, 2.05) is 11.8 Å². The van der Waals surface area contributed by atoms with Crippen LogP contribution in [0.4, 0.5) is 0 Å². The monoisotopic (exact) mass is 479 g/mol. The molecule has 1 unspecified atom stereocenters. The van der Waals surface area contributed by atoms with Crippen LogP contribution in [-0.2, 0) is 4.79 Å². The van der Waals surface area contributed by atoms with Gasteiger partial charge in [0.15, 0.2) is 5.82 Å². The van der Waals surface area contributed by atoms with E-state index in [4.69, 9.17) is 10.5 Å². The molecule has 8 nitrogen and oxygen atoms in total. The van der Waals surface area contributed by atoms with Gasteiger partial charge in [-0.1, -0.05) is 12.8 Å². The molecule has 0 radical (unpaired) electrons. The van der Waals surface area contributed by atoms with E-state index in [0.29, 0.717) is 29.4 Å². The first-order valence-electron chi connectivity index (χ1n) is 12.9. The van der Waals surface area contributed by atoms with Crippen LogP contribution < -0.4 is 10.5 Å². The van der Waals surface area contributed by atoms with Crippen LogP contribution in [0.3, 0.4) is 0 Å². The van der Waals surface area contributed by atoms with E-state index < -0.39 is 5.91 Å². The van der Waals surface area contributed by atoms with Gasteiger partial charge in [0.25, 0.3) is 0 Å². The molecule has 2 aliphatic heterocycles. The van der Waals surface area contributed by atoms with Crippen molar-refractivity contribution in [2.24, 2.45) is 5.73 Å². The second-order valence-electron chi connectivity index (χ2n) is 9.65. The summed E-state index contributed by atoms with van der Waals surface area (Å²) in [5.41, 5.74) is 6.53. The van der Waals surface area contributed by atoms with Crippen LogP contribution in [0, 0.1) is 6.92 Å². The number of hydrogen-bond donors (Lipinski definition) is 1. The summed E-state index contributed by atoms with van der Waals surface area (Å²) < 4.78 is 5.95. The Balaban J connectivity index is 1.41. The average molecular weight is 480 g/mol. The van der Waals surface area contributed by atoms with E-state index in [1.165, 1.54) is 25.7 Å². The topological polar surface area (TPSA) is 102 Å². The highest BCUT2D eigenvalue weighted by Crippen LogP contribution is 2.31. The van der Waals surface area contributed by atoms with E-state index in [2.05, 4.69) is 14.9 Å². The Morgan fingerprint density at radius 3 is 2.43 bits per heavy atom. The second-order valence-corrected chi connectivity index (χ2v) is 9.65. The highest BCUT2D eigenvalue weighted by Gasteiger charge is 2.30. The lowest BCUT2D eigenvalue weighted by atomic mass is 10.0. The van der Waals surface area contributed by atoms with Gasteiger partial charge in [-0.05, 0) is 89.3 Å². The molecule has 1 aromatic heterocycles. The zero-order valence-electron chi connectivity index (χ0n) is 20.7. The minimum Gasteiger partial charge on any atom is -0.439 e. The number of amides is 2. The Labute approximate surface area is 207 Å². The zero-order valence-corrected chi connectivity index (χ0v) is 20.7. The number of carbonyl (C=O) groups is 2. The number of carbonyl (C=O) groups excluding carboxylic acids is 2. The van der Waals surface area contributed by atoms with Crippen LogP contribution >= 0.6 is 0 Å². The maximum atomic E-state index is 13.2. The molecular formula is C27H37N5O3. The predicted octanol–water partition coefficient (Wildman–Crippen LogP) is 4.39. The maximum Gasteiger partial charge on any atom is 0.248 e. The Hall–Kier alpha value is -3.00.